The van der Waals surface area contributed by atoms with Crippen LogP contribution in [0.2, 0.25) is 0 Å². The molecule has 1 aliphatic rings. The maximum Gasteiger partial charge on any atom is 0.235 e. The Morgan fingerprint density at radius 1 is 1.59 bits per heavy atom. The summed E-state index contributed by atoms with van der Waals surface area (Å²) in [6.07, 6.45) is 0.402. The van der Waals surface area contributed by atoms with E-state index in [2.05, 4.69) is 10.6 Å². The predicted octanol–water partition coefficient (Wildman–Crippen LogP) is 1.60. The van der Waals surface area contributed by atoms with E-state index < -0.39 is 0 Å². The van der Waals surface area contributed by atoms with Gasteiger partial charge in [-0.2, -0.15) is 0 Å². The summed E-state index contributed by atoms with van der Waals surface area (Å²) >= 11 is 5.43. The fraction of sp³-hybridized carbons (Fsp3) is 0.333. The van der Waals surface area contributed by atoms with Crippen LogP contribution in [0.1, 0.15) is 24.1 Å². The van der Waals surface area contributed by atoms with E-state index in [1.165, 1.54) is 0 Å². The third-order valence-corrected chi connectivity index (χ3v) is 3.00. The van der Waals surface area contributed by atoms with E-state index in [0.717, 1.165) is 16.8 Å². The van der Waals surface area contributed by atoms with E-state index >= 15 is 0 Å². The molecule has 0 saturated carbocycles. The van der Waals surface area contributed by atoms with Crippen LogP contribution < -0.4 is 10.6 Å². The summed E-state index contributed by atoms with van der Waals surface area (Å²) in [5.41, 5.74) is 2.80. The van der Waals surface area contributed by atoms with E-state index in [0.29, 0.717) is 6.42 Å². The molecule has 90 valence electrons. The lowest BCUT2D eigenvalue weighted by atomic mass is 10.0. The summed E-state index contributed by atoms with van der Waals surface area (Å²) in [6.45, 7) is 1.89. The third kappa shape index (κ3) is 2.58. The molecule has 0 bridgehead atoms. The number of rotatable bonds is 3. The Hall–Kier alpha value is -1.55. The minimum absolute atomic E-state index is 0.00889. The number of carbonyl (C=O) groups excluding carboxylic acids is 2. The fourth-order valence-electron chi connectivity index (χ4n) is 1.88. The van der Waals surface area contributed by atoms with Crippen LogP contribution in [0.3, 0.4) is 0 Å². The Morgan fingerprint density at radius 3 is 3.06 bits per heavy atom. The number of fused-ring (bicyclic) bond motifs is 1. The highest BCUT2D eigenvalue weighted by atomic mass is 35.5. The number of hydrogen-bond donors (Lipinski definition) is 2. The second kappa shape index (κ2) is 4.75. The van der Waals surface area contributed by atoms with Crippen molar-refractivity contribution in [3.8, 4) is 0 Å². The van der Waals surface area contributed by atoms with Gasteiger partial charge in [0.25, 0.3) is 0 Å². The molecule has 0 aromatic heterocycles. The van der Waals surface area contributed by atoms with Gasteiger partial charge in [-0.3, -0.25) is 9.59 Å². The van der Waals surface area contributed by atoms with E-state index in [1.807, 2.05) is 25.1 Å². The number of carbonyl (C=O) groups is 2. The quantitative estimate of drug-likeness (QED) is 0.803. The number of anilines is 1. The van der Waals surface area contributed by atoms with Gasteiger partial charge < -0.3 is 10.6 Å². The van der Waals surface area contributed by atoms with Gasteiger partial charge in [0.05, 0.1) is 12.5 Å². The summed E-state index contributed by atoms with van der Waals surface area (Å²) in [5.74, 6) is -0.238. The van der Waals surface area contributed by atoms with Gasteiger partial charge >= 0.3 is 0 Å². The SMILES string of the molecule is C[C@@H](NC(=O)CCl)c1ccc2c(c1)CC(=O)N2. The predicted molar refractivity (Wildman–Crippen MR) is 66.1 cm³/mol. The Labute approximate surface area is 104 Å². The number of halogens is 1. The molecule has 1 aromatic rings. The van der Waals surface area contributed by atoms with Crippen molar-refractivity contribution >= 4 is 29.1 Å². The molecule has 0 aliphatic carbocycles. The summed E-state index contributed by atoms with van der Waals surface area (Å²) in [6, 6.07) is 5.58. The van der Waals surface area contributed by atoms with Crippen molar-refractivity contribution in [1.82, 2.24) is 5.32 Å². The second-order valence-corrected chi connectivity index (χ2v) is 4.33. The van der Waals surface area contributed by atoms with Gasteiger partial charge in [-0.15, -0.1) is 11.6 Å². The number of amides is 2. The first-order valence-electron chi connectivity index (χ1n) is 5.38. The zero-order valence-corrected chi connectivity index (χ0v) is 10.2. The fourth-order valence-corrected chi connectivity index (χ4v) is 1.96. The monoisotopic (exact) mass is 252 g/mol. The lowest BCUT2D eigenvalue weighted by Gasteiger charge is -2.14. The molecule has 1 aromatic carbocycles. The number of hydrogen-bond acceptors (Lipinski definition) is 2. The first-order chi connectivity index (χ1) is 8.10. The Balaban J connectivity index is 2.15. The van der Waals surface area contributed by atoms with Crippen LogP contribution in [0.5, 0.6) is 0 Å². The molecule has 1 aliphatic heterocycles. The van der Waals surface area contributed by atoms with Crippen LogP contribution >= 0.6 is 11.6 Å². The standard InChI is InChI=1S/C12H13ClN2O2/c1-7(14-12(17)6-13)8-2-3-10-9(4-8)5-11(16)15-10/h2-4,7H,5-6H2,1H3,(H,14,17)(H,15,16)/t7-/m1/s1. The highest BCUT2D eigenvalue weighted by molar-refractivity contribution is 6.27. The molecule has 0 radical (unpaired) electrons. The van der Waals surface area contributed by atoms with Crippen molar-refractivity contribution < 1.29 is 9.59 Å². The third-order valence-electron chi connectivity index (χ3n) is 2.75. The van der Waals surface area contributed by atoms with E-state index in [1.54, 1.807) is 0 Å². The van der Waals surface area contributed by atoms with E-state index in [4.69, 9.17) is 11.6 Å². The topological polar surface area (TPSA) is 58.2 Å². The van der Waals surface area contributed by atoms with Crippen LogP contribution in [0, 0.1) is 0 Å². The summed E-state index contributed by atoms with van der Waals surface area (Å²) in [4.78, 5) is 22.4. The Bertz CT molecular complexity index is 474. The van der Waals surface area contributed by atoms with Crippen molar-refractivity contribution in [2.75, 3.05) is 11.2 Å². The highest BCUT2D eigenvalue weighted by Gasteiger charge is 2.19. The zero-order chi connectivity index (χ0) is 12.4. The van der Waals surface area contributed by atoms with Gasteiger partial charge in [-0.25, -0.2) is 0 Å². The van der Waals surface area contributed by atoms with Crippen LogP contribution in [0.4, 0.5) is 5.69 Å². The molecular formula is C12H13ClN2O2. The van der Waals surface area contributed by atoms with Crippen molar-refractivity contribution in [3.63, 3.8) is 0 Å². The van der Waals surface area contributed by atoms with E-state index in [9.17, 15) is 9.59 Å². The average Bonchev–Trinajstić information content (AvgIpc) is 2.67. The number of benzene rings is 1. The lowest BCUT2D eigenvalue weighted by molar-refractivity contribution is -0.119. The maximum atomic E-state index is 11.2. The minimum atomic E-state index is -0.200. The first-order valence-corrected chi connectivity index (χ1v) is 5.91. The van der Waals surface area contributed by atoms with Crippen LogP contribution in [-0.2, 0) is 16.0 Å². The Kier molecular flexibility index (Phi) is 3.33. The maximum absolute atomic E-state index is 11.2. The molecule has 2 N–H and O–H groups in total. The molecule has 5 heteroatoms. The molecule has 2 amide bonds. The smallest absolute Gasteiger partial charge is 0.235 e. The second-order valence-electron chi connectivity index (χ2n) is 4.06. The molecule has 17 heavy (non-hydrogen) atoms. The molecule has 0 spiro atoms. The van der Waals surface area contributed by atoms with Crippen molar-refractivity contribution in [1.29, 1.82) is 0 Å². The van der Waals surface area contributed by atoms with Crippen molar-refractivity contribution in [2.45, 2.75) is 19.4 Å². The lowest BCUT2D eigenvalue weighted by Crippen LogP contribution is -2.27. The van der Waals surface area contributed by atoms with E-state index in [-0.39, 0.29) is 23.7 Å². The molecule has 2 rings (SSSR count). The molecule has 4 nitrogen and oxygen atoms in total. The molecule has 0 saturated heterocycles. The average molecular weight is 253 g/mol. The summed E-state index contributed by atoms with van der Waals surface area (Å²) in [7, 11) is 0. The summed E-state index contributed by atoms with van der Waals surface area (Å²) in [5, 5.41) is 5.54. The van der Waals surface area contributed by atoms with Gasteiger partial charge in [-0.1, -0.05) is 12.1 Å². The van der Waals surface area contributed by atoms with Gasteiger partial charge in [0.2, 0.25) is 11.8 Å². The van der Waals surface area contributed by atoms with Crippen LogP contribution in [0.15, 0.2) is 18.2 Å². The molecular weight excluding hydrogens is 240 g/mol. The first kappa shape index (κ1) is 11.9. The zero-order valence-electron chi connectivity index (χ0n) is 9.42. The molecule has 1 heterocycles. The molecule has 1 atom stereocenters. The van der Waals surface area contributed by atoms with Gasteiger partial charge in [0.15, 0.2) is 0 Å². The minimum Gasteiger partial charge on any atom is -0.349 e. The van der Waals surface area contributed by atoms with Gasteiger partial charge in [-0.05, 0) is 24.1 Å². The van der Waals surface area contributed by atoms with Crippen molar-refractivity contribution in [3.05, 3.63) is 29.3 Å². The van der Waals surface area contributed by atoms with Gasteiger partial charge in [0, 0.05) is 5.69 Å². The number of nitrogens with one attached hydrogen (secondary N) is 2. The number of alkyl halides is 1. The Morgan fingerprint density at radius 2 is 2.35 bits per heavy atom. The normalized spacial score (nSPS) is 15.1. The largest absolute Gasteiger partial charge is 0.349 e. The van der Waals surface area contributed by atoms with Crippen LogP contribution in [-0.4, -0.2) is 17.7 Å². The van der Waals surface area contributed by atoms with Crippen LogP contribution in [0.25, 0.3) is 0 Å². The van der Waals surface area contributed by atoms with Gasteiger partial charge in [0.1, 0.15) is 5.88 Å². The summed E-state index contributed by atoms with van der Waals surface area (Å²) < 4.78 is 0. The molecule has 0 fully saturated rings. The highest BCUT2D eigenvalue weighted by Crippen LogP contribution is 2.26. The molecule has 0 unspecified atom stereocenters. The van der Waals surface area contributed by atoms with Crippen molar-refractivity contribution in [2.24, 2.45) is 0 Å².